The van der Waals surface area contributed by atoms with Crippen molar-refractivity contribution < 1.29 is 47.8 Å². The number of rotatable bonds is 44. The number of aliphatic carboxylic acids is 1. The van der Waals surface area contributed by atoms with Gasteiger partial charge in [0.2, 0.25) is 5.91 Å². The highest BCUT2D eigenvalue weighted by atomic mass is 31.2. The number of aliphatic hydroxyl groups is 1. The van der Waals surface area contributed by atoms with Crippen molar-refractivity contribution in [2.24, 2.45) is 0 Å². The summed E-state index contributed by atoms with van der Waals surface area (Å²) in [6, 6.07) is -1.59. The molecule has 3 atom stereocenters. The van der Waals surface area contributed by atoms with Gasteiger partial charge in [-0.15, -0.1) is 0 Å². The van der Waals surface area contributed by atoms with E-state index in [1.807, 2.05) is 12.2 Å². The lowest BCUT2D eigenvalue weighted by Crippen LogP contribution is -2.43. The van der Waals surface area contributed by atoms with Crippen molar-refractivity contribution in [2.75, 3.05) is 19.8 Å². The molecule has 380 valence electrons. The number of carboxylic acid groups (broad SMARTS) is 1. The zero-order chi connectivity index (χ0) is 49.9. The number of carboxylic acids is 1. The lowest BCUT2D eigenvalue weighted by molar-refractivity contribution is -0.147. The summed E-state index contributed by atoms with van der Waals surface area (Å²) in [5.41, 5.74) is 0. The molecule has 0 fully saturated rings. The van der Waals surface area contributed by atoms with Crippen molar-refractivity contribution in [3.05, 3.63) is 146 Å². The Morgan fingerprint density at radius 2 is 0.824 bits per heavy atom. The van der Waals surface area contributed by atoms with Crippen LogP contribution in [0.2, 0.25) is 0 Å². The molecule has 4 N–H and O–H groups in total. The molecule has 0 saturated carbocycles. The topological polar surface area (TPSA) is 169 Å². The van der Waals surface area contributed by atoms with Crippen molar-refractivity contribution in [1.29, 1.82) is 0 Å². The van der Waals surface area contributed by atoms with Crippen LogP contribution in [0, 0.1) is 0 Å². The maximum atomic E-state index is 12.3. The summed E-state index contributed by atoms with van der Waals surface area (Å²) < 4.78 is 26.9. The van der Waals surface area contributed by atoms with Gasteiger partial charge in [-0.25, -0.2) is 9.36 Å². The molecule has 11 nitrogen and oxygen atoms in total. The minimum absolute atomic E-state index is 0.0542. The van der Waals surface area contributed by atoms with Crippen LogP contribution in [-0.4, -0.2) is 64.9 Å². The number of phosphoric ester groups is 1. The Kier molecular flexibility index (Phi) is 45.5. The van der Waals surface area contributed by atoms with Gasteiger partial charge in [0, 0.05) is 12.8 Å². The fourth-order valence-electron chi connectivity index (χ4n) is 5.86. The predicted octanol–water partition coefficient (Wildman–Crippen LogP) is 13.9. The second-order valence-electron chi connectivity index (χ2n) is 15.9. The van der Waals surface area contributed by atoms with Crippen LogP contribution >= 0.6 is 7.82 Å². The minimum atomic E-state index is -4.80. The number of ether oxygens (including phenoxy) is 1. The van der Waals surface area contributed by atoms with Crippen molar-refractivity contribution in [2.45, 2.75) is 167 Å². The van der Waals surface area contributed by atoms with Crippen molar-refractivity contribution in [1.82, 2.24) is 5.32 Å². The highest BCUT2D eigenvalue weighted by Crippen LogP contribution is 2.43. The van der Waals surface area contributed by atoms with Gasteiger partial charge in [0.1, 0.15) is 12.7 Å². The number of carbonyl (C=O) groups excluding carboxylic acids is 2. The number of hydrogen-bond acceptors (Lipinski definition) is 8. The molecule has 0 aromatic heterocycles. The van der Waals surface area contributed by atoms with Gasteiger partial charge in [0.25, 0.3) is 0 Å². The van der Waals surface area contributed by atoms with E-state index in [-0.39, 0.29) is 12.8 Å². The summed E-state index contributed by atoms with van der Waals surface area (Å²) in [5.74, 6) is -2.50. The normalized spacial score (nSPS) is 14.8. The van der Waals surface area contributed by atoms with Crippen molar-refractivity contribution in [3.63, 3.8) is 0 Å². The number of hydrogen-bond donors (Lipinski definition) is 4. The average molecular weight is 964 g/mol. The van der Waals surface area contributed by atoms with Gasteiger partial charge in [0.05, 0.1) is 13.2 Å². The Labute approximate surface area is 410 Å². The molecular formula is C56H86NO10P. The van der Waals surface area contributed by atoms with Crippen LogP contribution in [0.1, 0.15) is 155 Å². The lowest BCUT2D eigenvalue weighted by atomic mass is 10.1. The summed E-state index contributed by atoms with van der Waals surface area (Å²) in [6.07, 6.45) is 68.7. The first-order valence-electron chi connectivity index (χ1n) is 24.9. The predicted molar refractivity (Wildman–Crippen MR) is 281 cm³/mol. The summed E-state index contributed by atoms with van der Waals surface area (Å²) in [6.45, 7) is 2.29. The van der Waals surface area contributed by atoms with Gasteiger partial charge < -0.3 is 25.2 Å². The van der Waals surface area contributed by atoms with Crippen LogP contribution in [0.5, 0.6) is 0 Å². The smallest absolute Gasteiger partial charge is 0.472 e. The molecule has 0 saturated heterocycles. The number of amides is 1. The van der Waals surface area contributed by atoms with Gasteiger partial charge in [-0.05, 0) is 109 Å². The first-order chi connectivity index (χ1) is 33.1. The van der Waals surface area contributed by atoms with E-state index in [0.717, 1.165) is 109 Å². The maximum absolute atomic E-state index is 12.3. The van der Waals surface area contributed by atoms with Gasteiger partial charge in [0.15, 0.2) is 6.04 Å². The Morgan fingerprint density at radius 3 is 1.24 bits per heavy atom. The number of phosphoric acid groups is 1. The monoisotopic (exact) mass is 964 g/mol. The summed E-state index contributed by atoms with van der Waals surface area (Å²) >= 11 is 0. The highest BCUT2D eigenvalue weighted by molar-refractivity contribution is 7.47. The molecule has 0 aromatic carbocycles. The minimum Gasteiger partial charge on any atom is -0.480 e. The fraction of sp³-hybridized carbons (Fsp3) is 0.518. The number of unbranched alkanes of at least 4 members (excludes halogenated alkanes) is 6. The van der Waals surface area contributed by atoms with Crippen LogP contribution in [0.25, 0.3) is 0 Å². The first kappa shape index (κ1) is 63.4. The number of allylic oxidation sites excluding steroid dienone is 24. The molecule has 0 heterocycles. The second kappa shape index (κ2) is 48.8. The number of nitrogens with one attached hydrogen (secondary N) is 1. The van der Waals surface area contributed by atoms with Crippen LogP contribution < -0.4 is 5.32 Å². The zero-order valence-corrected chi connectivity index (χ0v) is 42.2. The molecule has 0 aromatic rings. The van der Waals surface area contributed by atoms with Crippen LogP contribution in [0.3, 0.4) is 0 Å². The van der Waals surface area contributed by atoms with E-state index < -0.39 is 57.6 Å². The van der Waals surface area contributed by atoms with E-state index in [2.05, 4.69) is 153 Å². The van der Waals surface area contributed by atoms with Crippen LogP contribution in [-0.2, 0) is 32.7 Å². The molecule has 0 radical (unpaired) electrons. The number of esters is 1. The standard InChI is InChI=1S/C56H86NO10P/c1-3-5-7-9-11-13-15-17-19-21-23-25-26-28-29-31-33-35-37-39-41-43-45-47-54(59)57-53(56(61)62)51-67-68(63,64)66-50-52(58)49-65-55(60)48-46-44-42-40-38-36-34-32-30-27-24-22-20-18-16-14-12-10-8-6-4-2/h5-8,11-14,17-20,23-25,27-29,32-35,39,41,52-53,58H,3-4,9-10,15-16,21-22,26,30-31,36-38,40,42-51H2,1-2H3,(H,57,59)(H,61,62)(H,63,64)/b7-5-,8-6-,13-11-,14-12-,19-17-,20-18-,25-23-,27-24-,29-28-,34-32-,35-33-,41-39-. The van der Waals surface area contributed by atoms with Gasteiger partial charge in [-0.1, -0.05) is 179 Å². The Balaban J connectivity index is 4.01. The lowest BCUT2D eigenvalue weighted by Gasteiger charge is -2.18. The molecule has 0 spiro atoms. The van der Waals surface area contributed by atoms with Gasteiger partial charge in [-0.2, -0.15) is 0 Å². The van der Waals surface area contributed by atoms with E-state index in [4.69, 9.17) is 13.8 Å². The largest absolute Gasteiger partial charge is 0.480 e. The van der Waals surface area contributed by atoms with E-state index in [9.17, 15) is 34.1 Å². The number of carbonyl (C=O) groups is 3. The molecule has 0 aliphatic carbocycles. The van der Waals surface area contributed by atoms with E-state index >= 15 is 0 Å². The van der Waals surface area contributed by atoms with Gasteiger partial charge in [-0.3, -0.25) is 18.6 Å². The Bertz CT molecular complexity index is 1700. The van der Waals surface area contributed by atoms with Crippen LogP contribution in [0.15, 0.2) is 146 Å². The van der Waals surface area contributed by atoms with Crippen LogP contribution in [0.4, 0.5) is 0 Å². The third-order valence-corrected chi connectivity index (χ3v) is 10.6. The molecule has 0 rings (SSSR count). The molecule has 0 aliphatic heterocycles. The molecule has 68 heavy (non-hydrogen) atoms. The third-order valence-electron chi connectivity index (χ3n) is 9.62. The molecule has 12 heteroatoms. The molecule has 0 bridgehead atoms. The molecular weight excluding hydrogens is 878 g/mol. The quantitative estimate of drug-likeness (QED) is 0.0200. The molecule has 1 amide bonds. The average Bonchev–Trinajstić information content (AvgIpc) is 3.32. The summed E-state index contributed by atoms with van der Waals surface area (Å²) in [4.78, 5) is 46.1. The molecule has 0 aliphatic rings. The fourth-order valence-corrected chi connectivity index (χ4v) is 6.63. The maximum Gasteiger partial charge on any atom is 0.472 e. The number of aliphatic hydroxyl groups excluding tert-OH is 1. The van der Waals surface area contributed by atoms with E-state index in [0.29, 0.717) is 19.3 Å². The SMILES string of the molecule is CC/C=C\C/C=C\C/C=C\C/C=C\C/C=C\C/C=C\C/C=C\CCCC(=O)NC(COP(=O)(O)OCC(O)COC(=O)CCCCCCC/C=C\C/C=C\C/C=C\C/C=C\C/C=C\CC)C(=O)O. The molecule has 3 unspecified atom stereocenters. The zero-order valence-electron chi connectivity index (χ0n) is 41.3. The summed E-state index contributed by atoms with van der Waals surface area (Å²) in [5, 5.41) is 21.9. The Hall–Kier alpha value is -4.64. The van der Waals surface area contributed by atoms with E-state index in [1.165, 1.54) is 0 Å². The van der Waals surface area contributed by atoms with Crippen molar-refractivity contribution >= 4 is 25.7 Å². The Morgan fingerprint density at radius 1 is 0.471 bits per heavy atom. The first-order valence-corrected chi connectivity index (χ1v) is 26.4. The van der Waals surface area contributed by atoms with Crippen molar-refractivity contribution in [3.8, 4) is 0 Å². The second-order valence-corrected chi connectivity index (χ2v) is 17.3. The van der Waals surface area contributed by atoms with E-state index in [1.54, 1.807) is 0 Å². The third kappa shape index (κ3) is 47.8. The van der Waals surface area contributed by atoms with Gasteiger partial charge >= 0.3 is 19.8 Å². The highest BCUT2D eigenvalue weighted by Gasteiger charge is 2.28. The summed E-state index contributed by atoms with van der Waals surface area (Å²) in [7, 11) is -4.80.